The lowest BCUT2D eigenvalue weighted by atomic mass is 9.79. The molecule has 0 N–H and O–H groups in total. The molecule has 0 bridgehead atoms. The molecule has 112 valence electrons. The van der Waals surface area contributed by atoms with E-state index in [4.69, 9.17) is 14.2 Å². The van der Waals surface area contributed by atoms with Crippen molar-refractivity contribution >= 4 is 11.9 Å². The van der Waals surface area contributed by atoms with Crippen LogP contribution in [0.4, 0.5) is 0 Å². The first-order valence-electron chi connectivity index (χ1n) is 7.33. The van der Waals surface area contributed by atoms with Gasteiger partial charge in [-0.2, -0.15) is 0 Å². The molecular weight excluding hydrogens is 262 g/mol. The van der Waals surface area contributed by atoms with Gasteiger partial charge in [0, 0.05) is 32.4 Å². The number of rotatable bonds is 2. The minimum Gasteiger partial charge on any atom is -0.465 e. The maximum absolute atomic E-state index is 12.1. The highest BCUT2D eigenvalue weighted by atomic mass is 16.7. The summed E-state index contributed by atoms with van der Waals surface area (Å²) in [5.74, 6) is -0.875. The third-order valence-corrected chi connectivity index (χ3v) is 4.58. The standard InChI is InChI=1S/C14H21NO5/c1-10(16)18-9-11-12-3-2-4-13(17)15(12)6-5-14(11)19-7-8-20-14/h11-12H,2-9H2,1H3. The third kappa shape index (κ3) is 2.31. The smallest absolute Gasteiger partial charge is 0.302 e. The van der Waals surface area contributed by atoms with E-state index in [1.165, 1.54) is 6.92 Å². The van der Waals surface area contributed by atoms with Crippen LogP contribution in [-0.2, 0) is 23.8 Å². The molecule has 2 atom stereocenters. The van der Waals surface area contributed by atoms with Crippen LogP contribution in [0.3, 0.4) is 0 Å². The first-order chi connectivity index (χ1) is 9.62. The number of carbonyl (C=O) groups excluding carboxylic acids is 2. The van der Waals surface area contributed by atoms with Crippen molar-refractivity contribution < 1.29 is 23.8 Å². The van der Waals surface area contributed by atoms with Crippen molar-refractivity contribution in [3.63, 3.8) is 0 Å². The van der Waals surface area contributed by atoms with Gasteiger partial charge in [-0.25, -0.2) is 0 Å². The molecule has 0 aromatic carbocycles. The van der Waals surface area contributed by atoms with Gasteiger partial charge in [0.1, 0.15) is 6.61 Å². The number of hydrogen-bond acceptors (Lipinski definition) is 5. The zero-order valence-electron chi connectivity index (χ0n) is 11.8. The van der Waals surface area contributed by atoms with Crippen LogP contribution in [0.15, 0.2) is 0 Å². The molecule has 1 amide bonds. The van der Waals surface area contributed by atoms with Gasteiger partial charge in [-0.05, 0) is 12.8 Å². The fourth-order valence-electron chi connectivity index (χ4n) is 3.68. The Morgan fingerprint density at radius 1 is 1.45 bits per heavy atom. The predicted molar refractivity (Wildman–Crippen MR) is 68.7 cm³/mol. The summed E-state index contributed by atoms with van der Waals surface area (Å²) in [5, 5.41) is 0. The molecule has 6 nitrogen and oxygen atoms in total. The van der Waals surface area contributed by atoms with Crippen LogP contribution in [0, 0.1) is 5.92 Å². The Bertz CT molecular complexity index is 404. The molecule has 0 aliphatic carbocycles. The van der Waals surface area contributed by atoms with Crippen LogP contribution in [0.25, 0.3) is 0 Å². The molecule has 3 rings (SSSR count). The van der Waals surface area contributed by atoms with Crippen LogP contribution in [0.5, 0.6) is 0 Å². The number of hydrogen-bond donors (Lipinski definition) is 0. The van der Waals surface area contributed by atoms with Gasteiger partial charge >= 0.3 is 5.97 Å². The highest BCUT2D eigenvalue weighted by Gasteiger charge is 2.54. The molecule has 0 aromatic heterocycles. The summed E-state index contributed by atoms with van der Waals surface area (Å²) >= 11 is 0. The number of esters is 1. The second-order valence-corrected chi connectivity index (χ2v) is 5.71. The van der Waals surface area contributed by atoms with Crippen molar-refractivity contribution in [3.8, 4) is 0 Å². The minimum absolute atomic E-state index is 0.0578. The van der Waals surface area contributed by atoms with Gasteiger partial charge in [0.05, 0.1) is 19.1 Å². The second kappa shape index (κ2) is 5.33. The van der Waals surface area contributed by atoms with Crippen molar-refractivity contribution in [2.24, 2.45) is 5.92 Å². The Kier molecular flexibility index (Phi) is 3.69. The average molecular weight is 283 g/mol. The molecule has 3 fully saturated rings. The molecule has 1 spiro atoms. The van der Waals surface area contributed by atoms with Gasteiger partial charge in [-0.15, -0.1) is 0 Å². The topological polar surface area (TPSA) is 65.1 Å². The monoisotopic (exact) mass is 283 g/mol. The Labute approximate surface area is 118 Å². The Balaban J connectivity index is 1.82. The molecule has 3 saturated heterocycles. The van der Waals surface area contributed by atoms with Gasteiger partial charge in [0.15, 0.2) is 5.79 Å². The molecule has 0 saturated carbocycles. The van der Waals surface area contributed by atoms with E-state index in [1.807, 2.05) is 4.90 Å². The zero-order chi connectivity index (χ0) is 14.2. The Morgan fingerprint density at radius 2 is 2.20 bits per heavy atom. The van der Waals surface area contributed by atoms with Crippen molar-refractivity contribution in [2.75, 3.05) is 26.4 Å². The van der Waals surface area contributed by atoms with E-state index in [1.54, 1.807) is 0 Å². The number of piperidine rings is 2. The summed E-state index contributed by atoms with van der Waals surface area (Å²) in [6.45, 7) is 3.45. The number of amides is 1. The van der Waals surface area contributed by atoms with E-state index in [-0.39, 0.29) is 30.4 Å². The highest BCUT2D eigenvalue weighted by molar-refractivity contribution is 5.77. The summed E-state index contributed by atoms with van der Waals surface area (Å²) in [5.41, 5.74) is 0. The lowest BCUT2D eigenvalue weighted by molar-refractivity contribution is -0.245. The molecule has 20 heavy (non-hydrogen) atoms. The molecular formula is C14H21NO5. The van der Waals surface area contributed by atoms with Crippen molar-refractivity contribution in [1.29, 1.82) is 0 Å². The van der Waals surface area contributed by atoms with Crippen LogP contribution in [0.2, 0.25) is 0 Å². The van der Waals surface area contributed by atoms with Crippen LogP contribution < -0.4 is 0 Å². The number of ether oxygens (including phenoxy) is 3. The van der Waals surface area contributed by atoms with Crippen LogP contribution in [0.1, 0.15) is 32.6 Å². The van der Waals surface area contributed by atoms with E-state index in [9.17, 15) is 9.59 Å². The SMILES string of the molecule is CC(=O)OCC1C2CCCC(=O)N2CCC12OCCO2. The van der Waals surface area contributed by atoms with Gasteiger partial charge in [-0.1, -0.05) is 0 Å². The summed E-state index contributed by atoms with van der Waals surface area (Å²) in [7, 11) is 0. The van der Waals surface area contributed by atoms with Gasteiger partial charge in [0.25, 0.3) is 0 Å². The Morgan fingerprint density at radius 3 is 2.90 bits per heavy atom. The fraction of sp³-hybridized carbons (Fsp3) is 0.857. The fourth-order valence-corrected chi connectivity index (χ4v) is 3.68. The Hall–Kier alpha value is -1.14. The molecule has 0 radical (unpaired) electrons. The maximum atomic E-state index is 12.1. The number of nitrogens with zero attached hydrogens (tertiary/aromatic N) is 1. The molecule has 3 aliphatic heterocycles. The van der Waals surface area contributed by atoms with Crippen LogP contribution >= 0.6 is 0 Å². The number of fused-ring (bicyclic) bond motifs is 1. The lowest BCUT2D eigenvalue weighted by Gasteiger charge is -2.51. The van der Waals surface area contributed by atoms with E-state index < -0.39 is 5.79 Å². The van der Waals surface area contributed by atoms with E-state index in [0.717, 1.165) is 12.8 Å². The summed E-state index contributed by atoms with van der Waals surface area (Å²) < 4.78 is 16.9. The first kappa shape index (κ1) is 13.8. The predicted octanol–water partition coefficient (Wildman–Crippen LogP) is 0.694. The largest absolute Gasteiger partial charge is 0.465 e. The van der Waals surface area contributed by atoms with Gasteiger partial charge in [-0.3, -0.25) is 9.59 Å². The summed E-state index contributed by atoms with van der Waals surface area (Å²) in [4.78, 5) is 25.1. The lowest BCUT2D eigenvalue weighted by Crippen LogP contribution is -2.62. The third-order valence-electron chi connectivity index (χ3n) is 4.58. The highest BCUT2D eigenvalue weighted by Crippen LogP contribution is 2.42. The molecule has 6 heteroatoms. The molecule has 3 aliphatic rings. The van der Waals surface area contributed by atoms with E-state index in [0.29, 0.717) is 32.6 Å². The van der Waals surface area contributed by atoms with Crippen molar-refractivity contribution in [1.82, 2.24) is 4.90 Å². The quantitative estimate of drug-likeness (QED) is 0.698. The van der Waals surface area contributed by atoms with Gasteiger partial charge in [0.2, 0.25) is 5.91 Å². The molecule has 0 aromatic rings. The second-order valence-electron chi connectivity index (χ2n) is 5.71. The van der Waals surface area contributed by atoms with Gasteiger partial charge < -0.3 is 19.1 Å². The number of carbonyl (C=O) groups is 2. The van der Waals surface area contributed by atoms with E-state index >= 15 is 0 Å². The molecule has 3 heterocycles. The first-order valence-corrected chi connectivity index (χ1v) is 7.33. The zero-order valence-corrected chi connectivity index (χ0v) is 11.8. The normalized spacial score (nSPS) is 32.2. The van der Waals surface area contributed by atoms with Crippen molar-refractivity contribution in [3.05, 3.63) is 0 Å². The van der Waals surface area contributed by atoms with Crippen molar-refractivity contribution in [2.45, 2.75) is 44.4 Å². The minimum atomic E-state index is -0.672. The van der Waals surface area contributed by atoms with E-state index in [2.05, 4.69) is 0 Å². The van der Waals surface area contributed by atoms with Crippen LogP contribution in [-0.4, -0.2) is 55.0 Å². The summed E-state index contributed by atoms with van der Waals surface area (Å²) in [6.07, 6.45) is 3.07. The average Bonchev–Trinajstić information content (AvgIpc) is 2.87. The maximum Gasteiger partial charge on any atom is 0.302 e. The molecule has 2 unspecified atom stereocenters. The summed E-state index contributed by atoms with van der Waals surface area (Å²) in [6, 6.07) is 0.0578.